The van der Waals surface area contributed by atoms with Gasteiger partial charge in [-0.15, -0.1) is 0 Å². The molecule has 1 atom stereocenters. The number of rotatable bonds is 5. The maximum atomic E-state index is 13.5. The van der Waals surface area contributed by atoms with E-state index in [1.807, 2.05) is 85.3 Å². The Morgan fingerprint density at radius 1 is 1.03 bits per heavy atom. The zero-order valence-electron chi connectivity index (χ0n) is 17.4. The van der Waals surface area contributed by atoms with E-state index in [4.69, 9.17) is 9.15 Å². The third-order valence-corrected chi connectivity index (χ3v) is 5.62. The highest BCUT2D eigenvalue weighted by atomic mass is 16.5. The summed E-state index contributed by atoms with van der Waals surface area (Å²) in [5.74, 6) is 1.64. The molecule has 4 aromatic rings. The molecule has 1 aliphatic rings. The van der Waals surface area contributed by atoms with Crippen LogP contribution in [0.1, 0.15) is 40.2 Å². The lowest BCUT2D eigenvalue weighted by Gasteiger charge is -2.28. The van der Waals surface area contributed by atoms with Gasteiger partial charge >= 0.3 is 0 Å². The summed E-state index contributed by atoms with van der Waals surface area (Å²) in [5.41, 5.74) is 3.65. The summed E-state index contributed by atoms with van der Waals surface area (Å²) in [7, 11) is 0. The van der Waals surface area contributed by atoms with Gasteiger partial charge in [-0.1, -0.05) is 36.4 Å². The van der Waals surface area contributed by atoms with E-state index < -0.39 is 5.92 Å². The number of hydrogen-bond acceptors (Lipinski definition) is 4. The number of carbonyl (C=O) groups excluding carboxylic acids is 1. The predicted molar refractivity (Wildman–Crippen MR) is 116 cm³/mol. The van der Waals surface area contributed by atoms with Crippen LogP contribution >= 0.6 is 0 Å². The van der Waals surface area contributed by atoms with Gasteiger partial charge in [-0.05, 0) is 44.2 Å². The lowest BCUT2D eigenvalue weighted by atomic mass is 9.87. The van der Waals surface area contributed by atoms with Crippen molar-refractivity contribution >= 4 is 5.91 Å². The summed E-state index contributed by atoms with van der Waals surface area (Å²) >= 11 is 0. The van der Waals surface area contributed by atoms with Crippen molar-refractivity contribution in [1.82, 2.24) is 15.1 Å². The molecule has 31 heavy (non-hydrogen) atoms. The number of carbonyl (C=O) groups is 1. The van der Waals surface area contributed by atoms with Gasteiger partial charge in [0.25, 0.3) is 0 Å². The standard InChI is InChI=1S/C25H23N3O3/c1-16-14-17(2)28(27-16)20(23-12-7-13-30-23)15-26-25(29)24-18-8-3-5-10-21(18)31-22-11-6-4-9-19(22)24/h3-14,20,24H,15H2,1-2H3,(H,26,29)/t20-/m1/s1. The molecule has 2 aromatic heterocycles. The number of nitrogens with one attached hydrogen (secondary N) is 1. The van der Waals surface area contributed by atoms with Crippen molar-refractivity contribution in [2.24, 2.45) is 0 Å². The fourth-order valence-corrected chi connectivity index (χ4v) is 4.24. The molecule has 3 heterocycles. The molecule has 1 amide bonds. The molecule has 0 spiro atoms. The Morgan fingerprint density at radius 3 is 2.29 bits per heavy atom. The first-order chi connectivity index (χ1) is 15.1. The quantitative estimate of drug-likeness (QED) is 0.513. The molecule has 0 bridgehead atoms. The number of fused-ring (bicyclic) bond motifs is 2. The Bertz CT molecular complexity index is 1180. The van der Waals surface area contributed by atoms with Crippen LogP contribution in [0.5, 0.6) is 11.5 Å². The molecule has 5 rings (SSSR count). The normalized spacial score (nSPS) is 13.7. The van der Waals surface area contributed by atoms with Crippen LogP contribution in [0, 0.1) is 13.8 Å². The first-order valence-electron chi connectivity index (χ1n) is 10.3. The first kappa shape index (κ1) is 19.2. The number of para-hydroxylation sites is 2. The summed E-state index contributed by atoms with van der Waals surface area (Å²) in [6.45, 7) is 4.32. The number of ether oxygens (including phenoxy) is 1. The first-order valence-corrected chi connectivity index (χ1v) is 10.3. The maximum Gasteiger partial charge on any atom is 0.232 e. The number of aryl methyl sites for hydroxylation is 2. The molecule has 0 fully saturated rings. The molecule has 1 N–H and O–H groups in total. The molecular weight excluding hydrogens is 390 g/mol. The molecule has 2 aromatic carbocycles. The third kappa shape index (κ3) is 3.50. The van der Waals surface area contributed by atoms with Crippen molar-refractivity contribution in [3.63, 3.8) is 0 Å². The predicted octanol–water partition coefficient (Wildman–Crippen LogP) is 4.74. The van der Waals surface area contributed by atoms with Crippen molar-refractivity contribution in [3.8, 4) is 11.5 Å². The molecule has 0 unspecified atom stereocenters. The van der Waals surface area contributed by atoms with Crippen molar-refractivity contribution in [1.29, 1.82) is 0 Å². The van der Waals surface area contributed by atoms with Gasteiger partial charge in [-0.2, -0.15) is 5.10 Å². The zero-order chi connectivity index (χ0) is 21.4. The molecule has 6 heteroatoms. The van der Waals surface area contributed by atoms with Gasteiger partial charge in [0.15, 0.2) is 0 Å². The molecule has 6 nitrogen and oxygen atoms in total. The highest BCUT2D eigenvalue weighted by Gasteiger charge is 2.33. The van der Waals surface area contributed by atoms with Gasteiger partial charge in [0, 0.05) is 23.4 Å². The molecule has 0 saturated heterocycles. The number of furan rings is 1. The highest BCUT2D eigenvalue weighted by molar-refractivity contribution is 5.89. The molecule has 156 valence electrons. The smallest absolute Gasteiger partial charge is 0.232 e. The van der Waals surface area contributed by atoms with Gasteiger partial charge in [-0.25, -0.2) is 0 Å². The fraction of sp³-hybridized carbons (Fsp3) is 0.200. The van der Waals surface area contributed by atoms with Crippen LogP contribution in [-0.2, 0) is 4.79 Å². The van der Waals surface area contributed by atoms with E-state index in [1.54, 1.807) is 6.26 Å². The zero-order valence-corrected chi connectivity index (χ0v) is 17.4. The summed E-state index contributed by atoms with van der Waals surface area (Å²) < 4.78 is 13.6. The van der Waals surface area contributed by atoms with E-state index >= 15 is 0 Å². The average Bonchev–Trinajstić information content (AvgIpc) is 3.42. The van der Waals surface area contributed by atoms with Gasteiger partial charge < -0.3 is 14.5 Å². The summed E-state index contributed by atoms with van der Waals surface area (Å²) in [5, 5.41) is 7.76. The van der Waals surface area contributed by atoms with Crippen molar-refractivity contribution in [2.75, 3.05) is 6.54 Å². The van der Waals surface area contributed by atoms with E-state index in [1.165, 1.54) is 0 Å². The molecule has 1 aliphatic heterocycles. The minimum atomic E-state index is -0.446. The van der Waals surface area contributed by atoms with Crippen LogP contribution in [0.15, 0.2) is 77.4 Å². The van der Waals surface area contributed by atoms with Crippen LogP contribution in [0.25, 0.3) is 0 Å². The summed E-state index contributed by atoms with van der Waals surface area (Å²) in [4.78, 5) is 13.5. The minimum absolute atomic E-state index is 0.0821. The lowest BCUT2D eigenvalue weighted by molar-refractivity contribution is -0.121. The molecule has 0 radical (unpaired) electrons. The number of nitrogens with zero attached hydrogens (tertiary/aromatic N) is 2. The Morgan fingerprint density at radius 2 is 1.71 bits per heavy atom. The maximum absolute atomic E-state index is 13.5. The monoisotopic (exact) mass is 413 g/mol. The second kappa shape index (κ2) is 7.80. The van der Waals surface area contributed by atoms with Crippen LogP contribution < -0.4 is 10.1 Å². The number of benzene rings is 2. The van der Waals surface area contributed by atoms with Gasteiger partial charge in [-0.3, -0.25) is 9.48 Å². The number of amides is 1. The Hall–Kier alpha value is -3.80. The molecule has 0 aliphatic carbocycles. The Labute approximate surface area is 180 Å². The number of hydrogen-bond donors (Lipinski definition) is 1. The SMILES string of the molecule is Cc1cc(C)n([C@H](CNC(=O)C2c3ccccc3Oc3ccccc32)c2ccco2)n1. The minimum Gasteiger partial charge on any atom is -0.467 e. The van der Waals surface area contributed by atoms with E-state index in [2.05, 4.69) is 10.4 Å². The van der Waals surface area contributed by atoms with E-state index in [-0.39, 0.29) is 11.9 Å². The van der Waals surface area contributed by atoms with Crippen LogP contribution in [0.4, 0.5) is 0 Å². The second-order valence-corrected chi connectivity index (χ2v) is 7.76. The highest BCUT2D eigenvalue weighted by Crippen LogP contribution is 2.43. The largest absolute Gasteiger partial charge is 0.467 e. The number of aromatic nitrogens is 2. The van der Waals surface area contributed by atoms with Gasteiger partial charge in [0.2, 0.25) is 5.91 Å². The van der Waals surface area contributed by atoms with Crippen LogP contribution in [0.2, 0.25) is 0 Å². The van der Waals surface area contributed by atoms with Crippen LogP contribution in [0.3, 0.4) is 0 Å². The fourth-order valence-electron chi connectivity index (χ4n) is 4.24. The lowest BCUT2D eigenvalue weighted by Crippen LogP contribution is -2.36. The van der Waals surface area contributed by atoms with E-state index in [9.17, 15) is 4.79 Å². The van der Waals surface area contributed by atoms with Crippen molar-refractivity contribution in [3.05, 3.63) is 101 Å². The van der Waals surface area contributed by atoms with Gasteiger partial charge in [0.05, 0.1) is 17.9 Å². The molecule has 0 saturated carbocycles. The average molecular weight is 413 g/mol. The topological polar surface area (TPSA) is 69.3 Å². The van der Waals surface area contributed by atoms with Crippen LogP contribution in [-0.4, -0.2) is 22.2 Å². The second-order valence-electron chi connectivity index (χ2n) is 7.76. The molecular formula is C25H23N3O3. The summed E-state index contributed by atoms with van der Waals surface area (Å²) in [6.07, 6.45) is 1.64. The van der Waals surface area contributed by atoms with E-state index in [0.29, 0.717) is 18.0 Å². The Balaban J connectivity index is 1.45. The summed E-state index contributed by atoms with van der Waals surface area (Å²) in [6, 6.07) is 20.9. The Kier molecular flexibility index (Phi) is 4.82. The van der Waals surface area contributed by atoms with E-state index in [0.717, 1.165) is 28.3 Å². The van der Waals surface area contributed by atoms with Crippen molar-refractivity contribution < 1.29 is 13.9 Å². The van der Waals surface area contributed by atoms with Gasteiger partial charge in [0.1, 0.15) is 23.3 Å². The third-order valence-electron chi connectivity index (χ3n) is 5.62. The van der Waals surface area contributed by atoms with Crippen molar-refractivity contribution in [2.45, 2.75) is 25.8 Å².